The van der Waals surface area contributed by atoms with Crippen LogP contribution in [0, 0.1) is 12.7 Å². The molecule has 35 heavy (non-hydrogen) atoms. The van der Waals surface area contributed by atoms with E-state index in [1.807, 2.05) is 0 Å². The molecule has 182 valence electrons. The van der Waals surface area contributed by atoms with Crippen molar-refractivity contribution in [2.45, 2.75) is 39.8 Å². The van der Waals surface area contributed by atoms with Gasteiger partial charge in [0.1, 0.15) is 5.60 Å². The monoisotopic (exact) mass is 478 g/mol. The number of aryl methyl sites for hydroxylation is 1. The van der Waals surface area contributed by atoms with E-state index in [1.54, 1.807) is 64.1 Å². The molecule has 0 spiro atoms. The molecule has 4 N–H and O–H groups in total. The molecule has 0 aliphatic rings. The number of ketones is 1. The Morgan fingerprint density at radius 1 is 1.03 bits per heavy atom. The van der Waals surface area contributed by atoms with Gasteiger partial charge in [0.2, 0.25) is 0 Å². The smallest absolute Gasteiger partial charge is 0.412 e. The number of halogens is 1. The van der Waals surface area contributed by atoms with Crippen molar-refractivity contribution in [2.75, 3.05) is 5.32 Å². The maximum absolute atomic E-state index is 15.9. The van der Waals surface area contributed by atoms with Crippen molar-refractivity contribution in [3.63, 3.8) is 0 Å². The number of primary amides is 1. The number of amides is 3. The summed E-state index contributed by atoms with van der Waals surface area (Å²) in [6, 6.07) is 12.2. The normalized spacial score (nSPS) is 11.0. The number of carbonyl (C=O) groups excluding carboxylic acids is 3. The summed E-state index contributed by atoms with van der Waals surface area (Å²) < 4.78 is 21.1. The number of hydrogen-bond acceptors (Lipinski definition) is 5. The predicted octanol–water partition coefficient (Wildman–Crippen LogP) is 4.94. The summed E-state index contributed by atoms with van der Waals surface area (Å²) in [5.41, 5.74) is 5.98. The van der Waals surface area contributed by atoms with Gasteiger partial charge in [-0.2, -0.15) is 0 Å². The molecule has 0 saturated carbocycles. The van der Waals surface area contributed by atoms with Gasteiger partial charge in [-0.15, -0.1) is 0 Å². The summed E-state index contributed by atoms with van der Waals surface area (Å²) in [7, 11) is 0. The fraction of sp³-hybridized carbons (Fsp3) is 0.231. The zero-order valence-corrected chi connectivity index (χ0v) is 19.9. The van der Waals surface area contributed by atoms with Crippen LogP contribution in [0.5, 0.6) is 0 Å². The molecule has 1 aromatic heterocycles. The van der Waals surface area contributed by atoms with E-state index in [1.165, 1.54) is 18.3 Å². The average Bonchev–Trinajstić information content (AvgIpc) is 2.78. The first-order chi connectivity index (χ1) is 16.5. The second-order valence-electron chi connectivity index (χ2n) is 8.84. The number of hydrogen-bond donors (Lipinski definition) is 3. The van der Waals surface area contributed by atoms with Crippen LogP contribution in [0.2, 0.25) is 0 Å². The first-order valence-electron chi connectivity index (χ1n) is 10.9. The molecule has 0 aliphatic carbocycles. The van der Waals surface area contributed by atoms with E-state index in [4.69, 9.17) is 10.5 Å². The summed E-state index contributed by atoms with van der Waals surface area (Å²) in [6.45, 7) is 6.78. The van der Waals surface area contributed by atoms with Crippen molar-refractivity contribution in [1.82, 2.24) is 10.3 Å². The maximum atomic E-state index is 15.9. The largest absolute Gasteiger partial charge is 0.444 e. The maximum Gasteiger partial charge on any atom is 0.412 e. The molecule has 0 bridgehead atoms. The Morgan fingerprint density at radius 3 is 2.40 bits per heavy atom. The third-order valence-electron chi connectivity index (χ3n) is 5.00. The highest BCUT2D eigenvalue weighted by atomic mass is 19.1. The molecular weight excluding hydrogens is 451 g/mol. The Labute approximate surface area is 202 Å². The number of nitrogens with one attached hydrogen (secondary N) is 2. The Hall–Kier alpha value is -4.27. The number of anilines is 1. The molecule has 0 aliphatic heterocycles. The molecule has 0 saturated heterocycles. The lowest BCUT2D eigenvalue weighted by molar-refractivity contribution is 0.0634. The van der Waals surface area contributed by atoms with E-state index < -0.39 is 29.3 Å². The summed E-state index contributed by atoms with van der Waals surface area (Å²) >= 11 is 0. The van der Waals surface area contributed by atoms with Gasteiger partial charge in [0.05, 0.1) is 23.5 Å². The van der Waals surface area contributed by atoms with Crippen molar-refractivity contribution < 1.29 is 23.5 Å². The van der Waals surface area contributed by atoms with Gasteiger partial charge in [0.15, 0.2) is 11.6 Å². The minimum Gasteiger partial charge on any atom is -0.444 e. The van der Waals surface area contributed by atoms with Gasteiger partial charge >= 0.3 is 12.1 Å². The topological polar surface area (TPSA) is 123 Å². The molecule has 0 atom stereocenters. The summed E-state index contributed by atoms with van der Waals surface area (Å²) in [5, 5.41) is 4.84. The molecule has 9 heteroatoms. The van der Waals surface area contributed by atoms with Crippen molar-refractivity contribution in [3.05, 3.63) is 82.9 Å². The number of benzene rings is 2. The van der Waals surface area contributed by atoms with E-state index in [0.29, 0.717) is 22.4 Å². The standard InChI is InChI=1S/C26H27FN4O4/c1-15-8-5-6-9-16(15)23(32)21-18(17-10-7-13-29-20(17)14-30-24(28)33)11-12-19(22(21)27)31-25(34)35-26(2,3)4/h5-13H,14H2,1-4H3,(H,31,34)(H3,28,30,33). The molecule has 3 rings (SSSR count). The van der Waals surface area contributed by atoms with Gasteiger partial charge in [0.25, 0.3) is 0 Å². The highest BCUT2D eigenvalue weighted by Crippen LogP contribution is 2.34. The van der Waals surface area contributed by atoms with Crippen molar-refractivity contribution in [1.29, 1.82) is 0 Å². The van der Waals surface area contributed by atoms with Crippen LogP contribution >= 0.6 is 0 Å². The molecule has 3 amide bonds. The van der Waals surface area contributed by atoms with Crippen molar-refractivity contribution in [2.24, 2.45) is 5.73 Å². The van der Waals surface area contributed by atoms with E-state index in [0.717, 1.165) is 0 Å². The lowest BCUT2D eigenvalue weighted by atomic mass is 9.90. The van der Waals surface area contributed by atoms with Crippen LogP contribution < -0.4 is 16.4 Å². The van der Waals surface area contributed by atoms with Gasteiger partial charge in [-0.1, -0.05) is 36.4 Å². The lowest BCUT2D eigenvalue weighted by Crippen LogP contribution is -2.29. The van der Waals surface area contributed by atoms with Crippen LogP contribution in [-0.2, 0) is 11.3 Å². The van der Waals surface area contributed by atoms with Gasteiger partial charge < -0.3 is 15.8 Å². The van der Waals surface area contributed by atoms with Crippen LogP contribution in [0.1, 0.15) is 48.0 Å². The number of rotatable bonds is 6. The number of nitrogens with zero attached hydrogens (tertiary/aromatic N) is 1. The Kier molecular flexibility index (Phi) is 7.49. The highest BCUT2D eigenvalue weighted by molar-refractivity contribution is 6.14. The van der Waals surface area contributed by atoms with Gasteiger partial charge in [-0.05, 0) is 51.0 Å². The molecule has 0 fully saturated rings. The summed E-state index contributed by atoms with van der Waals surface area (Å²) in [4.78, 5) is 41.4. The van der Waals surface area contributed by atoms with E-state index >= 15 is 4.39 Å². The number of aromatic nitrogens is 1. The third kappa shape index (κ3) is 6.20. The summed E-state index contributed by atoms with van der Waals surface area (Å²) in [6.07, 6.45) is 0.658. The fourth-order valence-corrected chi connectivity index (χ4v) is 3.49. The Balaban J connectivity index is 2.17. The Bertz CT molecular complexity index is 1280. The van der Waals surface area contributed by atoms with Crippen LogP contribution in [0.25, 0.3) is 11.1 Å². The van der Waals surface area contributed by atoms with Crippen LogP contribution in [-0.4, -0.2) is 28.5 Å². The van der Waals surface area contributed by atoms with E-state index in [-0.39, 0.29) is 23.4 Å². The first kappa shape index (κ1) is 25.4. The van der Waals surface area contributed by atoms with Gasteiger partial charge in [-0.25, -0.2) is 14.0 Å². The molecule has 3 aromatic rings. The Morgan fingerprint density at radius 2 is 1.74 bits per heavy atom. The quantitative estimate of drug-likeness (QED) is 0.433. The molecule has 1 heterocycles. The zero-order valence-electron chi connectivity index (χ0n) is 19.9. The van der Waals surface area contributed by atoms with E-state index in [9.17, 15) is 14.4 Å². The SMILES string of the molecule is Cc1ccccc1C(=O)c1c(-c2cccnc2CNC(N)=O)ccc(NC(=O)OC(C)(C)C)c1F. The van der Waals surface area contributed by atoms with Crippen LogP contribution in [0.3, 0.4) is 0 Å². The van der Waals surface area contributed by atoms with Gasteiger partial charge in [-0.3, -0.25) is 15.1 Å². The first-order valence-corrected chi connectivity index (χ1v) is 10.9. The van der Waals surface area contributed by atoms with Crippen LogP contribution in [0.4, 0.5) is 19.7 Å². The average molecular weight is 479 g/mol. The second kappa shape index (κ2) is 10.3. The number of urea groups is 1. The number of pyridine rings is 1. The van der Waals surface area contributed by atoms with Gasteiger partial charge in [0, 0.05) is 17.3 Å². The predicted molar refractivity (Wildman–Crippen MR) is 131 cm³/mol. The zero-order chi connectivity index (χ0) is 25.8. The molecule has 0 unspecified atom stereocenters. The minimum atomic E-state index is -0.917. The number of ether oxygens (including phenoxy) is 1. The number of nitrogens with two attached hydrogens (primary N) is 1. The highest BCUT2D eigenvalue weighted by Gasteiger charge is 2.26. The molecule has 0 radical (unpaired) electrons. The third-order valence-corrected chi connectivity index (χ3v) is 5.00. The number of carbonyl (C=O) groups is 3. The molecule has 8 nitrogen and oxygen atoms in total. The minimum absolute atomic E-state index is 0.0248. The second-order valence-corrected chi connectivity index (χ2v) is 8.84. The summed E-state index contributed by atoms with van der Waals surface area (Å²) in [5.74, 6) is -1.49. The molecule has 2 aromatic carbocycles. The lowest BCUT2D eigenvalue weighted by Gasteiger charge is -2.21. The molecular formula is C26H27FN4O4. The van der Waals surface area contributed by atoms with E-state index in [2.05, 4.69) is 15.6 Å². The van der Waals surface area contributed by atoms with Crippen LogP contribution in [0.15, 0.2) is 54.7 Å². The van der Waals surface area contributed by atoms with Crippen molar-refractivity contribution in [3.8, 4) is 11.1 Å². The van der Waals surface area contributed by atoms with Crippen molar-refractivity contribution >= 4 is 23.6 Å². The fourth-order valence-electron chi connectivity index (χ4n) is 3.49.